The summed E-state index contributed by atoms with van der Waals surface area (Å²) in [4.78, 5) is 12.4. The number of para-hydroxylation sites is 1. The first-order valence-electron chi connectivity index (χ1n) is 9.82. The molecule has 0 atom stereocenters. The molecule has 0 aliphatic rings. The molecule has 8 heteroatoms. The Labute approximate surface area is 200 Å². The number of carbonyl (C=O) groups excluding carboxylic acids is 1. The van der Waals surface area contributed by atoms with E-state index in [1.807, 2.05) is 31.2 Å². The van der Waals surface area contributed by atoms with Crippen molar-refractivity contribution in [2.45, 2.75) is 13.5 Å². The van der Waals surface area contributed by atoms with Crippen LogP contribution in [-0.2, 0) is 6.61 Å². The summed E-state index contributed by atoms with van der Waals surface area (Å²) in [6.45, 7) is 2.65. The highest BCUT2D eigenvalue weighted by atomic mass is 79.9. The van der Waals surface area contributed by atoms with Gasteiger partial charge in [0.1, 0.15) is 12.4 Å². The monoisotopic (exact) mass is 516 g/mol. The Morgan fingerprint density at radius 2 is 1.78 bits per heavy atom. The maximum Gasteiger partial charge on any atom is 0.275 e. The lowest BCUT2D eigenvalue weighted by Crippen LogP contribution is -2.18. The molecule has 0 spiro atoms. The fraction of sp³-hybridized carbons (Fsp3) is 0.167. The van der Waals surface area contributed by atoms with Crippen molar-refractivity contribution in [1.29, 1.82) is 0 Å². The number of nitrogens with one attached hydrogen (secondary N) is 1. The summed E-state index contributed by atoms with van der Waals surface area (Å²) in [5, 5.41) is 4.70. The van der Waals surface area contributed by atoms with E-state index in [0.29, 0.717) is 46.6 Å². The average molecular weight is 518 g/mol. The van der Waals surface area contributed by atoms with Crippen LogP contribution < -0.4 is 19.6 Å². The zero-order chi connectivity index (χ0) is 22.9. The largest absolute Gasteiger partial charge is 0.496 e. The van der Waals surface area contributed by atoms with E-state index in [9.17, 15) is 4.79 Å². The smallest absolute Gasteiger partial charge is 0.275 e. The zero-order valence-electron chi connectivity index (χ0n) is 17.6. The van der Waals surface area contributed by atoms with Gasteiger partial charge in [-0.3, -0.25) is 4.79 Å². The number of hydrazone groups is 1. The number of amides is 1. The van der Waals surface area contributed by atoms with Crippen LogP contribution in [0.25, 0.3) is 0 Å². The van der Waals surface area contributed by atoms with Crippen LogP contribution in [0, 0.1) is 0 Å². The molecular formula is C24H22BrClN2O4. The van der Waals surface area contributed by atoms with Crippen LogP contribution in [0.15, 0.2) is 70.2 Å². The number of methoxy groups -OCH3 is 1. The fourth-order valence-electron chi connectivity index (χ4n) is 2.85. The van der Waals surface area contributed by atoms with E-state index < -0.39 is 0 Å². The van der Waals surface area contributed by atoms with Gasteiger partial charge in [-0.1, -0.05) is 41.9 Å². The predicted molar refractivity (Wildman–Crippen MR) is 129 cm³/mol. The van der Waals surface area contributed by atoms with Gasteiger partial charge in [0, 0.05) is 20.6 Å². The van der Waals surface area contributed by atoms with Gasteiger partial charge < -0.3 is 14.2 Å². The van der Waals surface area contributed by atoms with E-state index >= 15 is 0 Å². The van der Waals surface area contributed by atoms with Crippen molar-refractivity contribution in [3.63, 3.8) is 0 Å². The number of hydrogen-bond donors (Lipinski definition) is 1. The standard InChI is InChI=1S/C24H22BrClN2O4/c1-3-31-22-12-17(14-27-28-24(29)18-9-5-7-11-21(18)30-2)19(25)13-23(22)32-15-16-8-4-6-10-20(16)26/h4-14H,3,15H2,1-2H3,(H,28,29)/b27-14-. The molecule has 1 amide bonds. The Hall–Kier alpha value is -3.03. The molecule has 0 saturated heterocycles. The second-order valence-corrected chi connectivity index (χ2v) is 7.79. The van der Waals surface area contributed by atoms with Crippen molar-refractivity contribution in [2.75, 3.05) is 13.7 Å². The second-order valence-electron chi connectivity index (χ2n) is 6.53. The van der Waals surface area contributed by atoms with Crippen LogP contribution in [0.5, 0.6) is 17.2 Å². The fourth-order valence-corrected chi connectivity index (χ4v) is 3.47. The molecule has 32 heavy (non-hydrogen) atoms. The van der Waals surface area contributed by atoms with Gasteiger partial charge in [0.25, 0.3) is 5.91 Å². The van der Waals surface area contributed by atoms with Gasteiger partial charge in [-0.2, -0.15) is 5.10 Å². The normalized spacial score (nSPS) is 10.8. The minimum Gasteiger partial charge on any atom is -0.496 e. The summed E-state index contributed by atoms with van der Waals surface area (Å²) >= 11 is 9.74. The van der Waals surface area contributed by atoms with Crippen LogP contribution >= 0.6 is 27.5 Å². The topological polar surface area (TPSA) is 69.2 Å². The first-order valence-corrected chi connectivity index (χ1v) is 11.0. The summed E-state index contributed by atoms with van der Waals surface area (Å²) in [5.74, 6) is 1.22. The van der Waals surface area contributed by atoms with Crippen molar-refractivity contribution in [3.05, 3.63) is 86.8 Å². The van der Waals surface area contributed by atoms with Gasteiger partial charge in [0.2, 0.25) is 0 Å². The number of nitrogens with zero attached hydrogens (tertiary/aromatic N) is 1. The van der Waals surface area contributed by atoms with Crippen LogP contribution in [0.3, 0.4) is 0 Å². The number of rotatable bonds is 9. The van der Waals surface area contributed by atoms with E-state index in [4.69, 9.17) is 25.8 Å². The molecule has 0 aromatic heterocycles. The molecule has 0 aliphatic heterocycles. The van der Waals surface area contributed by atoms with Gasteiger partial charge in [0.05, 0.1) is 25.5 Å². The molecule has 0 aliphatic carbocycles. The van der Waals surface area contributed by atoms with E-state index in [1.54, 1.807) is 36.4 Å². The average Bonchev–Trinajstić information content (AvgIpc) is 2.80. The van der Waals surface area contributed by atoms with Crippen molar-refractivity contribution >= 4 is 39.7 Å². The third-order valence-corrected chi connectivity index (χ3v) is 5.48. The highest BCUT2D eigenvalue weighted by Gasteiger charge is 2.13. The molecule has 0 unspecified atom stereocenters. The van der Waals surface area contributed by atoms with Crippen molar-refractivity contribution < 1.29 is 19.0 Å². The first kappa shape index (κ1) is 23.6. The minimum atomic E-state index is -0.375. The second kappa shape index (κ2) is 11.5. The highest BCUT2D eigenvalue weighted by molar-refractivity contribution is 9.10. The zero-order valence-corrected chi connectivity index (χ0v) is 19.9. The molecule has 0 bridgehead atoms. The lowest BCUT2D eigenvalue weighted by Gasteiger charge is -2.14. The summed E-state index contributed by atoms with van der Waals surface area (Å²) in [6, 6.07) is 18.0. The lowest BCUT2D eigenvalue weighted by atomic mass is 10.2. The van der Waals surface area contributed by atoms with Gasteiger partial charge >= 0.3 is 0 Å². The molecule has 3 aromatic rings. The summed E-state index contributed by atoms with van der Waals surface area (Å²) < 4.78 is 17.6. The lowest BCUT2D eigenvalue weighted by molar-refractivity contribution is 0.0952. The van der Waals surface area contributed by atoms with Gasteiger partial charge in [-0.05, 0) is 53.2 Å². The summed E-state index contributed by atoms with van der Waals surface area (Å²) in [7, 11) is 1.51. The predicted octanol–water partition coefficient (Wildman–Crippen LogP) is 5.85. The summed E-state index contributed by atoms with van der Waals surface area (Å²) in [6.07, 6.45) is 1.53. The van der Waals surface area contributed by atoms with E-state index in [-0.39, 0.29) is 5.91 Å². The van der Waals surface area contributed by atoms with E-state index in [2.05, 4.69) is 26.5 Å². The Bertz CT molecular complexity index is 1120. The number of halogens is 2. The van der Waals surface area contributed by atoms with Crippen LogP contribution in [0.1, 0.15) is 28.4 Å². The highest BCUT2D eigenvalue weighted by Crippen LogP contribution is 2.34. The summed E-state index contributed by atoms with van der Waals surface area (Å²) in [5.41, 5.74) is 4.48. The number of hydrogen-bond acceptors (Lipinski definition) is 5. The Kier molecular flexibility index (Phi) is 8.53. The molecule has 1 N–H and O–H groups in total. The van der Waals surface area contributed by atoms with Crippen LogP contribution in [0.2, 0.25) is 5.02 Å². The van der Waals surface area contributed by atoms with E-state index in [1.165, 1.54) is 13.3 Å². The Balaban J connectivity index is 1.75. The molecule has 0 fully saturated rings. The minimum absolute atomic E-state index is 0.300. The molecule has 3 rings (SSSR count). The van der Waals surface area contributed by atoms with Crippen molar-refractivity contribution in [2.24, 2.45) is 5.10 Å². The van der Waals surface area contributed by atoms with Crippen molar-refractivity contribution in [3.8, 4) is 17.2 Å². The third-order valence-electron chi connectivity index (χ3n) is 4.43. The van der Waals surface area contributed by atoms with Gasteiger partial charge in [-0.25, -0.2) is 5.43 Å². The first-order chi connectivity index (χ1) is 15.5. The molecule has 6 nitrogen and oxygen atoms in total. The molecule has 166 valence electrons. The van der Waals surface area contributed by atoms with E-state index in [0.717, 1.165) is 10.0 Å². The quantitative estimate of drug-likeness (QED) is 0.285. The van der Waals surface area contributed by atoms with Crippen molar-refractivity contribution in [1.82, 2.24) is 5.43 Å². The Morgan fingerprint density at radius 3 is 2.53 bits per heavy atom. The molecule has 0 saturated carbocycles. The molecule has 0 radical (unpaired) electrons. The van der Waals surface area contributed by atoms with Crippen LogP contribution in [0.4, 0.5) is 0 Å². The SMILES string of the molecule is CCOc1cc(/C=N\NC(=O)c2ccccc2OC)c(Br)cc1OCc1ccccc1Cl. The maximum atomic E-state index is 12.4. The number of ether oxygens (including phenoxy) is 3. The molecular weight excluding hydrogens is 496 g/mol. The Morgan fingerprint density at radius 1 is 1.06 bits per heavy atom. The third kappa shape index (κ3) is 6.02. The molecule has 0 heterocycles. The van der Waals surface area contributed by atoms with Gasteiger partial charge in [-0.15, -0.1) is 0 Å². The number of benzene rings is 3. The van der Waals surface area contributed by atoms with Crippen LogP contribution in [-0.4, -0.2) is 25.8 Å². The molecule has 3 aromatic carbocycles. The van der Waals surface area contributed by atoms with Gasteiger partial charge in [0.15, 0.2) is 11.5 Å². The number of carbonyl (C=O) groups is 1. The maximum absolute atomic E-state index is 12.4.